The Morgan fingerprint density at radius 2 is 1.89 bits per heavy atom. The topological polar surface area (TPSA) is 168 Å². The molecular weight excluding hydrogens is 572 g/mol. The van der Waals surface area contributed by atoms with Crippen molar-refractivity contribution in [2.24, 2.45) is 11.8 Å². The van der Waals surface area contributed by atoms with E-state index in [1.807, 2.05) is 25.1 Å². The van der Waals surface area contributed by atoms with Gasteiger partial charge < -0.3 is 19.3 Å². The molecule has 0 saturated heterocycles. The summed E-state index contributed by atoms with van der Waals surface area (Å²) in [5.74, 6) is 4.43. The van der Waals surface area contributed by atoms with Gasteiger partial charge in [0.15, 0.2) is 0 Å². The Labute approximate surface area is 254 Å². The molecule has 1 fully saturated rings. The lowest BCUT2D eigenvalue weighted by Crippen LogP contribution is -2.24. The van der Waals surface area contributed by atoms with Crippen LogP contribution < -0.4 is 4.74 Å². The first-order valence-corrected chi connectivity index (χ1v) is 14.3. The predicted octanol–water partition coefficient (Wildman–Crippen LogP) is 5.06. The molecule has 1 heterocycles. The van der Waals surface area contributed by atoms with Crippen molar-refractivity contribution in [3.8, 4) is 17.6 Å². The van der Waals surface area contributed by atoms with Crippen molar-refractivity contribution < 1.29 is 38.8 Å². The second kappa shape index (κ2) is 14.1. The number of benzene rings is 2. The van der Waals surface area contributed by atoms with Crippen LogP contribution in [0.3, 0.4) is 0 Å². The number of carbonyl (C=O) groups is 2. The summed E-state index contributed by atoms with van der Waals surface area (Å²) < 4.78 is 17.0. The third kappa shape index (κ3) is 7.23. The fourth-order valence-electron chi connectivity index (χ4n) is 5.74. The lowest BCUT2D eigenvalue weighted by atomic mass is 9.86. The van der Waals surface area contributed by atoms with E-state index in [1.54, 1.807) is 19.1 Å². The Bertz CT molecular complexity index is 1490. The molecule has 2 aliphatic rings. The summed E-state index contributed by atoms with van der Waals surface area (Å²) in [6.07, 6.45) is 3.73. The quantitative estimate of drug-likeness (QED) is 0.113. The third-order valence-electron chi connectivity index (χ3n) is 8.05. The highest BCUT2D eigenvalue weighted by atomic mass is 16.6. The first kappa shape index (κ1) is 32.2. The van der Waals surface area contributed by atoms with Crippen LogP contribution >= 0.6 is 0 Å². The van der Waals surface area contributed by atoms with Gasteiger partial charge in [0.05, 0.1) is 34.7 Å². The van der Waals surface area contributed by atoms with Crippen LogP contribution in [-0.4, -0.2) is 52.3 Å². The van der Waals surface area contributed by atoms with Gasteiger partial charge in [-0.2, -0.15) is 0 Å². The van der Waals surface area contributed by atoms with Gasteiger partial charge in [0.1, 0.15) is 18.0 Å². The Morgan fingerprint density at radius 1 is 1.18 bits per heavy atom. The molecule has 12 heteroatoms. The van der Waals surface area contributed by atoms with E-state index in [1.165, 1.54) is 7.11 Å². The maximum Gasteiger partial charge on any atom is 0.338 e. The maximum atomic E-state index is 13.2. The van der Waals surface area contributed by atoms with Crippen LogP contribution in [0.5, 0.6) is 5.75 Å². The van der Waals surface area contributed by atoms with Gasteiger partial charge in [0.25, 0.3) is 11.4 Å². The van der Waals surface area contributed by atoms with Crippen molar-refractivity contribution in [1.82, 2.24) is 0 Å². The van der Waals surface area contributed by atoms with Crippen LogP contribution in [0.15, 0.2) is 48.6 Å². The standard InChI is InChI=1S/C32H34N2O10/c1-4-5-8-19(2)26(35)14-13-24-27(44-32(37)21-15-22(33(38)39)17-23(16-21)34(40)41)18-28-30(24)25-11-6-9-20(31(25)43-28)10-7-12-29(36)42-3/h6,9,11,13-17,19,24,26-28,30,35H,7-8,10,12,18H2,1-3H3/b14-13+/t19?,24-,26-,27+,28-,30-/m0/s1. The monoisotopic (exact) mass is 606 g/mol. The maximum absolute atomic E-state index is 13.2. The van der Waals surface area contributed by atoms with Gasteiger partial charge in [0, 0.05) is 48.8 Å². The number of hydrogen-bond donors (Lipinski definition) is 1. The molecule has 1 aliphatic heterocycles. The number of nitrogens with zero attached hydrogens (tertiary/aromatic N) is 2. The molecule has 0 amide bonds. The van der Waals surface area contributed by atoms with E-state index >= 15 is 0 Å². The normalized spacial score (nSPS) is 21.3. The predicted molar refractivity (Wildman–Crippen MR) is 158 cm³/mol. The minimum Gasteiger partial charge on any atom is -0.489 e. The van der Waals surface area contributed by atoms with Crippen molar-refractivity contribution >= 4 is 23.3 Å². The van der Waals surface area contributed by atoms with Crippen LogP contribution in [-0.2, 0) is 20.7 Å². The highest BCUT2D eigenvalue weighted by Crippen LogP contribution is 2.53. The average molecular weight is 607 g/mol. The number of fused-ring (bicyclic) bond motifs is 3. The van der Waals surface area contributed by atoms with Crippen molar-refractivity contribution in [1.29, 1.82) is 0 Å². The zero-order valence-corrected chi connectivity index (χ0v) is 24.6. The number of aliphatic hydroxyl groups is 1. The van der Waals surface area contributed by atoms with Gasteiger partial charge in [-0.1, -0.05) is 37.3 Å². The Morgan fingerprint density at radius 3 is 2.52 bits per heavy atom. The molecule has 0 spiro atoms. The minimum atomic E-state index is -0.941. The second-order valence-corrected chi connectivity index (χ2v) is 10.9. The van der Waals surface area contributed by atoms with E-state index in [0.29, 0.717) is 19.3 Å². The summed E-state index contributed by atoms with van der Waals surface area (Å²) in [6, 6.07) is 8.46. The molecular formula is C32H34N2O10. The Hall–Kier alpha value is -4.76. The SMILES string of the molecule is CC#CCC(C)[C@@H](O)/C=C/[C@@H]1[C@H]2c3cccc(CCCC(=O)OC)c3O[C@H]2C[C@H]1OC(=O)c1cc([N+](=O)[O-])cc([N+](=O)[O-])c1. The first-order valence-electron chi connectivity index (χ1n) is 14.3. The smallest absolute Gasteiger partial charge is 0.338 e. The number of aryl methyl sites for hydroxylation is 1. The van der Waals surface area contributed by atoms with E-state index in [0.717, 1.165) is 35.1 Å². The molecule has 1 N–H and O–H groups in total. The number of rotatable bonds is 12. The van der Waals surface area contributed by atoms with Crippen molar-refractivity contribution in [2.75, 3.05) is 7.11 Å². The van der Waals surface area contributed by atoms with Crippen molar-refractivity contribution in [2.45, 2.75) is 70.2 Å². The minimum absolute atomic E-state index is 0.157. The summed E-state index contributed by atoms with van der Waals surface area (Å²) in [6.45, 7) is 3.60. The number of esters is 2. The number of hydrogen-bond acceptors (Lipinski definition) is 10. The largest absolute Gasteiger partial charge is 0.489 e. The molecule has 1 aliphatic carbocycles. The van der Waals surface area contributed by atoms with Gasteiger partial charge >= 0.3 is 11.9 Å². The number of aliphatic hydroxyl groups excluding tert-OH is 1. The summed E-state index contributed by atoms with van der Waals surface area (Å²) >= 11 is 0. The number of methoxy groups -OCH3 is 1. The van der Waals surface area contributed by atoms with Gasteiger partial charge in [-0.05, 0) is 31.2 Å². The van der Waals surface area contributed by atoms with E-state index < -0.39 is 45.3 Å². The third-order valence-corrected chi connectivity index (χ3v) is 8.05. The lowest BCUT2D eigenvalue weighted by Gasteiger charge is -2.22. The zero-order chi connectivity index (χ0) is 32.0. The number of nitro groups is 2. The molecule has 1 saturated carbocycles. The van der Waals surface area contributed by atoms with E-state index in [4.69, 9.17) is 14.2 Å². The second-order valence-electron chi connectivity index (χ2n) is 10.9. The number of ether oxygens (including phenoxy) is 3. The molecule has 0 aromatic heterocycles. The molecule has 232 valence electrons. The summed E-state index contributed by atoms with van der Waals surface area (Å²) in [7, 11) is 1.35. The number of non-ortho nitro benzene ring substituents is 2. The fourth-order valence-corrected chi connectivity index (χ4v) is 5.74. The Kier molecular flexibility index (Phi) is 10.3. The molecule has 4 rings (SSSR count). The van der Waals surface area contributed by atoms with Crippen molar-refractivity contribution in [3.05, 3.63) is 85.5 Å². The van der Waals surface area contributed by atoms with Gasteiger partial charge in [0.2, 0.25) is 0 Å². The van der Waals surface area contributed by atoms with E-state index in [2.05, 4.69) is 11.8 Å². The molecule has 0 bridgehead atoms. The highest BCUT2D eigenvalue weighted by molar-refractivity contribution is 5.91. The number of para-hydroxylation sites is 1. The van der Waals surface area contributed by atoms with Crippen LogP contribution in [0.25, 0.3) is 0 Å². The molecule has 6 atom stereocenters. The van der Waals surface area contributed by atoms with Crippen LogP contribution in [0, 0.1) is 43.9 Å². The van der Waals surface area contributed by atoms with E-state index in [9.17, 15) is 34.9 Å². The number of nitro benzene ring substituents is 2. The molecule has 12 nitrogen and oxygen atoms in total. The van der Waals surface area contributed by atoms with Crippen LogP contribution in [0.4, 0.5) is 11.4 Å². The number of carbonyl (C=O) groups excluding carboxylic acids is 2. The van der Waals surface area contributed by atoms with E-state index in [-0.39, 0.29) is 42.3 Å². The zero-order valence-electron chi connectivity index (χ0n) is 24.6. The highest BCUT2D eigenvalue weighted by Gasteiger charge is 2.51. The fraction of sp³-hybridized carbons (Fsp3) is 0.438. The molecule has 1 unspecified atom stereocenters. The molecule has 2 aromatic rings. The van der Waals surface area contributed by atoms with Crippen LogP contribution in [0.1, 0.15) is 66.9 Å². The summed E-state index contributed by atoms with van der Waals surface area (Å²) in [5, 5.41) is 33.5. The van der Waals surface area contributed by atoms with Gasteiger partial charge in [-0.3, -0.25) is 25.0 Å². The molecule has 0 radical (unpaired) electrons. The Balaban J connectivity index is 1.63. The van der Waals surface area contributed by atoms with Crippen LogP contribution in [0.2, 0.25) is 0 Å². The molecule has 44 heavy (non-hydrogen) atoms. The average Bonchev–Trinajstić information content (AvgIpc) is 3.54. The van der Waals surface area contributed by atoms with Crippen molar-refractivity contribution in [3.63, 3.8) is 0 Å². The lowest BCUT2D eigenvalue weighted by molar-refractivity contribution is -0.394. The van der Waals surface area contributed by atoms with Gasteiger partial charge in [-0.25, -0.2) is 4.79 Å². The first-order chi connectivity index (χ1) is 21.0. The molecule has 2 aromatic carbocycles. The summed E-state index contributed by atoms with van der Waals surface area (Å²) in [4.78, 5) is 45.9. The van der Waals surface area contributed by atoms with Gasteiger partial charge in [-0.15, -0.1) is 11.8 Å². The summed E-state index contributed by atoms with van der Waals surface area (Å²) in [5.41, 5.74) is 0.328.